The molecule has 8 rings (SSSR count). The normalized spacial score (nSPS) is 15.7. The Labute approximate surface area is 239 Å². The van der Waals surface area contributed by atoms with E-state index in [0.29, 0.717) is 23.0 Å². The summed E-state index contributed by atoms with van der Waals surface area (Å²) in [7, 11) is 0. The van der Waals surface area contributed by atoms with Crippen LogP contribution in [0.1, 0.15) is 45.2 Å². The molecule has 10 nitrogen and oxygen atoms in total. The van der Waals surface area contributed by atoms with E-state index in [0.717, 1.165) is 33.4 Å². The average Bonchev–Trinajstić information content (AvgIpc) is 2.97. The van der Waals surface area contributed by atoms with Crippen LogP contribution in [-0.4, -0.2) is 9.85 Å². The number of nitro benzene ring substituents is 2. The number of nitrogens with two attached hydrogens (primary N) is 2. The molecule has 3 aliphatic carbocycles. The van der Waals surface area contributed by atoms with Crippen LogP contribution in [0.5, 0.6) is 23.0 Å². The summed E-state index contributed by atoms with van der Waals surface area (Å²) in [5.74, 6) is 1.50. The van der Waals surface area contributed by atoms with Crippen LogP contribution in [0.25, 0.3) is 0 Å². The van der Waals surface area contributed by atoms with Gasteiger partial charge < -0.3 is 20.9 Å². The van der Waals surface area contributed by atoms with Crippen molar-refractivity contribution in [3.63, 3.8) is 0 Å². The second-order valence-electron chi connectivity index (χ2n) is 10.2. The Kier molecular flexibility index (Phi) is 5.58. The highest BCUT2D eigenvalue weighted by molar-refractivity contribution is 5.74. The van der Waals surface area contributed by atoms with Gasteiger partial charge in [-0.1, -0.05) is 48.5 Å². The predicted molar refractivity (Wildman–Crippen MR) is 156 cm³/mol. The molecule has 42 heavy (non-hydrogen) atoms. The van der Waals surface area contributed by atoms with Crippen LogP contribution < -0.4 is 20.9 Å². The minimum atomic E-state index is -0.537. The monoisotopic (exact) mass is 558 g/mol. The van der Waals surface area contributed by atoms with Gasteiger partial charge in [0.25, 0.3) is 11.4 Å². The summed E-state index contributed by atoms with van der Waals surface area (Å²) in [6, 6.07) is 28.7. The third-order valence-electron chi connectivity index (χ3n) is 7.87. The van der Waals surface area contributed by atoms with Crippen LogP contribution >= 0.6 is 0 Å². The second kappa shape index (κ2) is 9.34. The van der Waals surface area contributed by atoms with Gasteiger partial charge in [0, 0.05) is 47.2 Å². The van der Waals surface area contributed by atoms with E-state index in [1.165, 1.54) is 36.4 Å². The van der Waals surface area contributed by atoms with E-state index < -0.39 is 9.85 Å². The minimum Gasteiger partial charge on any atom is -0.457 e. The number of nitrogen functional groups attached to an aromatic ring is 2. The van der Waals surface area contributed by atoms with Crippen LogP contribution in [0, 0.1) is 20.2 Å². The summed E-state index contributed by atoms with van der Waals surface area (Å²) in [4.78, 5) is 21.5. The lowest BCUT2D eigenvalue weighted by molar-refractivity contribution is -0.384. The van der Waals surface area contributed by atoms with Crippen molar-refractivity contribution in [2.24, 2.45) is 0 Å². The van der Waals surface area contributed by atoms with Crippen molar-refractivity contribution in [1.29, 1.82) is 0 Å². The first-order valence-corrected chi connectivity index (χ1v) is 13.1. The lowest BCUT2D eigenvalue weighted by atomic mass is 9.60. The molecule has 4 N–H and O–H groups in total. The maximum absolute atomic E-state index is 11.3. The van der Waals surface area contributed by atoms with Crippen LogP contribution in [0.15, 0.2) is 97.1 Å². The Hall–Kier alpha value is -5.90. The van der Waals surface area contributed by atoms with Crippen LogP contribution in [0.3, 0.4) is 0 Å². The smallest absolute Gasteiger partial charge is 0.292 e. The maximum atomic E-state index is 11.3. The fourth-order valence-electron chi connectivity index (χ4n) is 6.18. The fraction of sp³-hybridized carbons (Fsp3) is 0.0625. The summed E-state index contributed by atoms with van der Waals surface area (Å²) in [6.07, 6.45) is 0. The molecule has 5 aromatic carbocycles. The first kappa shape index (κ1) is 25.1. The van der Waals surface area contributed by atoms with Gasteiger partial charge in [0.2, 0.25) is 0 Å². The number of nitrogens with zero attached hydrogens (tertiary/aromatic N) is 2. The topological polar surface area (TPSA) is 157 Å². The van der Waals surface area contributed by atoms with Gasteiger partial charge in [-0.15, -0.1) is 0 Å². The Bertz CT molecular complexity index is 1770. The zero-order valence-electron chi connectivity index (χ0n) is 21.9. The van der Waals surface area contributed by atoms with Gasteiger partial charge in [-0.25, -0.2) is 0 Å². The molecule has 0 radical (unpaired) electrons. The Balaban J connectivity index is 1.41. The molecule has 0 aliphatic heterocycles. The highest BCUT2D eigenvalue weighted by Crippen LogP contribution is 2.60. The quantitative estimate of drug-likeness (QED) is 0.123. The van der Waals surface area contributed by atoms with Gasteiger partial charge in [0.05, 0.1) is 9.85 Å². The van der Waals surface area contributed by atoms with Crippen molar-refractivity contribution in [2.45, 2.75) is 11.8 Å². The van der Waals surface area contributed by atoms with E-state index in [1.807, 2.05) is 24.3 Å². The number of hydrogen-bond acceptors (Lipinski definition) is 8. The first-order valence-electron chi connectivity index (χ1n) is 13.1. The van der Waals surface area contributed by atoms with Crippen molar-refractivity contribution in [1.82, 2.24) is 0 Å². The zero-order chi connectivity index (χ0) is 29.1. The SMILES string of the molecule is Nc1cc(Oc2ccc(Oc3ccc([N+](=O)[O-])c(N)c3)c3c2C2c4ccccc4C3c3ccccc32)ccc1[N+](=O)[O-]. The molecular weight excluding hydrogens is 536 g/mol. The van der Waals surface area contributed by atoms with Crippen molar-refractivity contribution >= 4 is 22.7 Å². The van der Waals surface area contributed by atoms with Gasteiger partial charge in [-0.05, 0) is 46.5 Å². The number of benzene rings is 5. The third kappa shape index (κ3) is 3.80. The maximum Gasteiger partial charge on any atom is 0.292 e. The molecule has 2 bridgehead atoms. The molecule has 0 atom stereocenters. The van der Waals surface area contributed by atoms with Gasteiger partial charge in [-0.3, -0.25) is 20.2 Å². The van der Waals surface area contributed by atoms with Gasteiger partial charge in [-0.2, -0.15) is 0 Å². The molecule has 0 aromatic heterocycles. The lowest BCUT2D eigenvalue weighted by Gasteiger charge is -2.43. The highest BCUT2D eigenvalue weighted by Gasteiger charge is 2.44. The van der Waals surface area contributed by atoms with E-state index in [4.69, 9.17) is 20.9 Å². The number of nitro groups is 2. The van der Waals surface area contributed by atoms with Crippen molar-refractivity contribution < 1.29 is 19.3 Å². The Morgan fingerprint density at radius 1 is 0.548 bits per heavy atom. The molecule has 0 amide bonds. The van der Waals surface area contributed by atoms with Crippen LogP contribution in [0.2, 0.25) is 0 Å². The summed E-state index contributed by atoms with van der Waals surface area (Å²) < 4.78 is 12.8. The van der Waals surface area contributed by atoms with Crippen molar-refractivity contribution in [2.75, 3.05) is 11.5 Å². The van der Waals surface area contributed by atoms with Gasteiger partial charge in [0.15, 0.2) is 0 Å². The van der Waals surface area contributed by atoms with E-state index in [2.05, 4.69) is 24.3 Å². The van der Waals surface area contributed by atoms with E-state index in [9.17, 15) is 20.2 Å². The molecule has 0 heterocycles. The zero-order valence-corrected chi connectivity index (χ0v) is 21.9. The molecule has 0 spiro atoms. The number of ether oxygens (including phenoxy) is 2. The molecule has 0 saturated heterocycles. The van der Waals surface area contributed by atoms with Crippen molar-refractivity contribution in [3.8, 4) is 23.0 Å². The highest BCUT2D eigenvalue weighted by atomic mass is 16.6. The fourth-order valence-corrected chi connectivity index (χ4v) is 6.18. The Morgan fingerprint density at radius 2 is 0.905 bits per heavy atom. The van der Waals surface area contributed by atoms with E-state index >= 15 is 0 Å². The molecule has 0 fully saturated rings. The summed E-state index contributed by atoms with van der Waals surface area (Å²) >= 11 is 0. The number of hydrogen-bond donors (Lipinski definition) is 2. The molecule has 206 valence electrons. The molecule has 10 heteroatoms. The van der Waals surface area contributed by atoms with E-state index in [1.54, 1.807) is 12.1 Å². The first-order chi connectivity index (χ1) is 20.3. The standard InChI is InChI=1S/C32H22N4O6/c33-23-15-17(9-11-25(23)35(37)38)41-27-13-14-28(42-18-10-12-26(36(39)40)24(34)16-18)32-30-20-6-2-1-5-19(20)29(31(27)32)21-7-3-4-8-22(21)30/h1-16,29-30H,33-34H2. The number of rotatable bonds is 6. The summed E-state index contributed by atoms with van der Waals surface area (Å²) in [5, 5.41) is 22.6. The molecule has 0 saturated carbocycles. The summed E-state index contributed by atoms with van der Waals surface area (Å²) in [6.45, 7) is 0. The minimum absolute atomic E-state index is 0.000655. The van der Waals surface area contributed by atoms with E-state index in [-0.39, 0.29) is 34.6 Å². The largest absolute Gasteiger partial charge is 0.457 e. The molecule has 3 aliphatic rings. The third-order valence-corrected chi connectivity index (χ3v) is 7.87. The summed E-state index contributed by atoms with van der Waals surface area (Å²) in [5.41, 5.74) is 17.9. The Morgan fingerprint density at radius 3 is 1.21 bits per heavy atom. The molecular formula is C32H22N4O6. The lowest BCUT2D eigenvalue weighted by Crippen LogP contribution is -2.28. The van der Waals surface area contributed by atoms with Crippen LogP contribution in [-0.2, 0) is 0 Å². The molecule has 0 unspecified atom stereocenters. The van der Waals surface area contributed by atoms with Crippen molar-refractivity contribution in [3.05, 3.63) is 151 Å². The van der Waals surface area contributed by atoms with Crippen LogP contribution in [0.4, 0.5) is 22.7 Å². The molecule has 5 aromatic rings. The van der Waals surface area contributed by atoms with Gasteiger partial charge in [0.1, 0.15) is 34.4 Å². The number of anilines is 2. The average molecular weight is 559 g/mol. The predicted octanol–water partition coefficient (Wildman–Crippen LogP) is 7.24. The van der Waals surface area contributed by atoms with Gasteiger partial charge >= 0.3 is 0 Å². The second-order valence-corrected chi connectivity index (χ2v) is 10.2.